The smallest absolute Gasteiger partial charge is 0.329 e. The lowest BCUT2D eigenvalue weighted by Gasteiger charge is -2.38. The van der Waals surface area contributed by atoms with Crippen molar-refractivity contribution in [1.82, 2.24) is 14.1 Å². The first-order chi connectivity index (χ1) is 21.2. The first-order valence-electron chi connectivity index (χ1n) is 14.6. The molecule has 44 heavy (non-hydrogen) atoms. The summed E-state index contributed by atoms with van der Waals surface area (Å²) in [5.74, 6) is -0.485. The SMILES string of the molecule is CCOC(=O)C1CCN(C(=N)c2ccc(CN3C(=O)CN(Sc4cc5c(s4)C=C=C(Cl)/C=C\C5)CC3C(=O)OC)cc2)CC1. The maximum atomic E-state index is 13.4. The van der Waals surface area contributed by atoms with Gasteiger partial charge in [0.25, 0.3) is 0 Å². The number of fused-ring (bicyclic) bond motifs is 1. The third-order valence-corrected chi connectivity index (χ3v) is 10.3. The first-order valence-corrected chi connectivity index (χ1v) is 16.5. The Balaban J connectivity index is 1.21. The van der Waals surface area contributed by atoms with E-state index in [1.165, 1.54) is 19.1 Å². The van der Waals surface area contributed by atoms with Gasteiger partial charge < -0.3 is 19.3 Å². The first kappa shape index (κ1) is 32.1. The fourth-order valence-electron chi connectivity index (χ4n) is 5.47. The standard InChI is InChI=1S/C32H35ClN4O5S2/c1-3-42-31(39)23-13-15-35(16-14-23)30(34)22-9-7-21(8-10-22)18-37-26(32(40)41-2)19-36(20-28(37)38)44-29-17-24-5-4-6-25(33)11-12-27(24)43-29/h4,6-10,12,17,23,26,34H,3,5,13-16,18-20H2,1-2H3/b6-4-,34-30?. The summed E-state index contributed by atoms with van der Waals surface area (Å²) in [7, 11) is 1.34. The van der Waals surface area contributed by atoms with Gasteiger partial charge in [-0.25, -0.2) is 9.10 Å². The van der Waals surface area contributed by atoms with Gasteiger partial charge in [-0.15, -0.1) is 11.3 Å². The zero-order valence-corrected chi connectivity index (χ0v) is 27.1. The lowest BCUT2D eigenvalue weighted by Crippen LogP contribution is -2.57. The number of carbonyl (C=O) groups is 3. The molecule has 5 rings (SSSR count). The molecule has 232 valence electrons. The van der Waals surface area contributed by atoms with Gasteiger partial charge >= 0.3 is 11.9 Å². The van der Waals surface area contributed by atoms with E-state index in [0.717, 1.165) is 32.2 Å². The molecule has 1 atom stereocenters. The van der Waals surface area contributed by atoms with Gasteiger partial charge in [0.1, 0.15) is 11.9 Å². The Morgan fingerprint density at radius 3 is 2.64 bits per heavy atom. The lowest BCUT2D eigenvalue weighted by atomic mass is 9.96. The van der Waals surface area contributed by atoms with Crippen molar-refractivity contribution in [2.45, 2.75) is 43.0 Å². The van der Waals surface area contributed by atoms with E-state index in [2.05, 4.69) is 11.8 Å². The summed E-state index contributed by atoms with van der Waals surface area (Å²) < 4.78 is 13.2. The number of amidine groups is 1. The second-order valence-electron chi connectivity index (χ2n) is 10.7. The Kier molecular flexibility index (Phi) is 10.7. The van der Waals surface area contributed by atoms with E-state index in [4.69, 9.17) is 26.5 Å². The molecule has 12 heteroatoms. The minimum atomic E-state index is -0.752. The van der Waals surface area contributed by atoms with Crippen LogP contribution in [-0.4, -0.2) is 83.7 Å². The van der Waals surface area contributed by atoms with E-state index in [-0.39, 0.29) is 30.9 Å². The van der Waals surface area contributed by atoms with E-state index in [1.807, 2.05) is 58.6 Å². The molecule has 3 heterocycles. The summed E-state index contributed by atoms with van der Waals surface area (Å²) in [5.41, 5.74) is 5.84. The number of halogens is 1. The molecule has 0 bridgehead atoms. The lowest BCUT2D eigenvalue weighted by molar-refractivity contribution is -0.156. The Morgan fingerprint density at radius 2 is 1.93 bits per heavy atom. The maximum absolute atomic E-state index is 13.4. The molecule has 2 aromatic rings. The van der Waals surface area contributed by atoms with E-state index >= 15 is 0 Å². The monoisotopic (exact) mass is 654 g/mol. The number of rotatable bonds is 8. The predicted molar refractivity (Wildman–Crippen MR) is 172 cm³/mol. The van der Waals surface area contributed by atoms with Gasteiger partial charge in [0, 0.05) is 36.6 Å². The number of piperidine rings is 1. The number of ether oxygens (including phenoxy) is 2. The van der Waals surface area contributed by atoms with Gasteiger partial charge in [-0.3, -0.25) is 15.0 Å². The predicted octanol–water partition coefficient (Wildman–Crippen LogP) is 5.09. The van der Waals surface area contributed by atoms with Crippen LogP contribution < -0.4 is 0 Å². The molecule has 0 radical (unpaired) electrons. The molecule has 2 saturated heterocycles. The van der Waals surface area contributed by atoms with Gasteiger partial charge in [-0.1, -0.05) is 47.7 Å². The molecule has 9 nitrogen and oxygen atoms in total. The van der Waals surface area contributed by atoms with Crippen LogP contribution in [-0.2, 0) is 36.8 Å². The topological polar surface area (TPSA) is 103 Å². The number of allylic oxidation sites excluding steroid dienone is 3. The van der Waals surface area contributed by atoms with Crippen molar-refractivity contribution >= 4 is 64.6 Å². The number of methoxy groups -OCH3 is 1. The highest BCUT2D eigenvalue weighted by Gasteiger charge is 2.38. The number of amides is 1. The van der Waals surface area contributed by atoms with Crippen molar-refractivity contribution in [3.05, 3.63) is 74.8 Å². The average molecular weight is 655 g/mol. The van der Waals surface area contributed by atoms with Gasteiger partial charge in [0.05, 0.1) is 35.4 Å². The highest BCUT2D eigenvalue weighted by molar-refractivity contribution is 7.99. The minimum Gasteiger partial charge on any atom is -0.467 e. The molecule has 1 unspecified atom stereocenters. The van der Waals surface area contributed by atoms with Gasteiger partial charge in [0.2, 0.25) is 5.91 Å². The molecular weight excluding hydrogens is 620 g/mol. The molecule has 2 aliphatic heterocycles. The minimum absolute atomic E-state index is 0.114. The van der Waals surface area contributed by atoms with Crippen molar-refractivity contribution in [3.8, 4) is 0 Å². The second kappa shape index (κ2) is 14.6. The summed E-state index contributed by atoms with van der Waals surface area (Å²) >= 11 is 9.19. The van der Waals surface area contributed by atoms with Crippen LogP contribution in [0.1, 0.15) is 41.3 Å². The van der Waals surface area contributed by atoms with Gasteiger partial charge in [0.15, 0.2) is 0 Å². The summed E-state index contributed by atoms with van der Waals surface area (Å²) in [4.78, 5) is 42.9. The fraction of sp³-hybridized carbons (Fsp3) is 0.406. The number of carbonyl (C=O) groups excluding carboxylic acids is 3. The molecule has 3 aliphatic rings. The number of benzene rings is 1. The molecule has 2 fully saturated rings. The Labute approximate surface area is 270 Å². The Morgan fingerprint density at radius 1 is 1.18 bits per heavy atom. The molecule has 0 spiro atoms. The normalized spacial score (nSPS) is 19.9. The van der Waals surface area contributed by atoms with Crippen LogP contribution >= 0.6 is 34.9 Å². The number of piperazine rings is 1. The third-order valence-electron chi connectivity index (χ3n) is 7.85. The largest absolute Gasteiger partial charge is 0.467 e. The second-order valence-corrected chi connectivity index (χ2v) is 13.6. The van der Waals surface area contributed by atoms with Crippen molar-refractivity contribution < 1.29 is 23.9 Å². The van der Waals surface area contributed by atoms with Gasteiger partial charge in [-0.2, -0.15) is 0 Å². The van der Waals surface area contributed by atoms with Crippen LogP contribution in [0.2, 0.25) is 0 Å². The number of thiophene rings is 1. The number of nitrogens with one attached hydrogen (secondary N) is 1. The van der Waals surface area contributed by atoms with Crippen LogP contribution in [0.15, 0.2) is 57.5 Å². The molecule has 1 amide bonds. The van der Waals surface area contributed by atoms with Crippen molar-refractivity contribution in [2.75, 3.05) is 39.9 Å². The van der Waals surface area contributed by atoms with Crippen LogP contribution in [0.4, 0.5) is 0 Å². The maximum Gasteiger partial charge on any atom is 0.329 e. The number of hydrogen-bond acceptors (Lipinski definition) is 9. The highest BCUT2D eigenvalue weighted by atomic mass is 35.5. The Bertz CT molecular complexity index is 1510. The summed E-state index contributed by atoms with van der Waals surface area (Å²) in [6.45, 7) is 4.17. The number of likely N-dealkylation sites (tertiary alicyclic amines) is 1. The number of hydrogen-bond donors (Lipinski definition) is 1. The number of esters is 2. The summed E-state index contributed by atoms with van der Waals surface area (Å²) in [6, 6.07) is 8.88. The third kappa shape index (κ3) is 7.65. The summed E-state index contributed by atoms with van der Waals surface area (Å²) in [6.07, 6.45) is 7.80. The molecule has 1 aliphatic carbocycles. The molecule has 1 aromatic heterocycles. The number of nitrogens with zero attached hydrogens (tertiary/aromatic N) is 3. The average Bonchev–Trinajstić information content (AvgIpc) is 3.40. The molecule has 0 saturated carbocycles. The molecule has 1 aromatic carbocycles. The molecule has 1 N–H and O–H groups in total. The van der Waals surface area contributed by atoms with Crippen molar-refractivity contribution in [2.24, 2.45) is 5.92 Å². The molecular formula is C32H35ClN4O5S2. The van der Waals surface area contributed by atoms with Crippen LogP contribution in [0, 0.1) is 11.3 Å². The van der Waals surface area contributed by atoms with Crippen LogP contribution in [0.5, 0.6) is 0 Å². The Hall–Kier alpha value is -3.34. The highest BCUT2D eigenvalue weighted by Crippen LogP contribution is 2.36. The zero-order valence-electron chi connectivity index (χ0n) is 24.7. The van der Waals surface area contributed by atoms with E-state index in [9.17, 15) is 14.4 Å². The van der Waals surface area contributed by atoms with Crippen LogP contribution in [0.3, 0.4) is 0 Å². The van der Waals surface area contributed by atoms with Crippen molar-refractivity contribution in [3.63, 3.8) is 0 Å². The van der Waals surface area contributed by atoms with E-state index < -0.39 is 12.0 Å². The quantitative estimate of drug-likeness (QED) is 0.138. The van der Waals surface area contributed by atoms with Crippen LogP contribution in [0.25, 0.3) is 6.08 Å². The van der Waals surface area contributed by atoms with E-state index in [0.29, 0.717) is 50.0 Å². The van der Waals surface area contributed by atoms with Gasteiger partial charge in [-0.05, 0) is 67.5 Å². The van der Waals surface area contributed by atoms with E-state index in [1.54, 1.807) is 16.2 Å². The van der Waals surface area contributed by atoms with Crippen molar-refractivity contribution in [1.29, 1.82) is 5.41 Å². The zero-order chi connectivity index (χ0) is 31.2. The fourth-order valence-corrected chi connectivity index (χ4v) is 7.99. The summed E-state index contributed by atoms with van der Waals surface area (Å²) in [5, 5.41) is 9.25.